The molecule has 23 heavy (non-hydrogen) atoms. The summed E-state index contributed by atoms with van der Waals surface area (Å²) in [6, 6.07) is 6.73. The summed E-state index contributed by atoms with van der Waals surface area (Å²) in [7, 11) is 0. The van der Waals surface area contributed by atoms with E-state index in [9.17, 15) is 9.18 Å². The molecule has 5 heteroatoms. The molecule has 0 unspecified atom stereocenters. The Balaban J connectivity index is 1.88. The normalized spacial score (nSPS) is 19.1. The minimum atomic E-state index is -0.469. The summed E-state index contributed by atoms with van der Waals surface area (Å²) >= 11 is 0. The highest BCUT2D eigenvalue weighted by molar-refractivity contribution is 5.81. The first-order valence-electron chi connectivity index (χ1n) is 8.36. The predicted octanol–water partition coefficient (Wildman–Crippen LogP) is 2.80. The van der Waals surface area contributed by atoms with Crippen molar-refractivity contribution >= 4 is 5.91 Å². The van der Waals surface area contributed by atoms with Crippen LogP contribution in [0.25, 0.3) is 0 Å². The van der Waals surface area contributed by atoms with Crippen LogP contribution in [-0.4, -0.2) is 49.3 Å². The Bertz CT molecular complexity index is 509. The molecule has 128 valence electrons. The maximum atomic E-state index is 13.3. The van der Waals surface area contributed by atoms with Crippen molar-refractivity contribution in [2.45, 2.75) is 45.3 Å². The van der Waals surface area contributed by atoms with Crippen LogP contribution in [0.5, 0.6) is 0 Å². The fraction of sp³-hybridized carbons (Fsp3) is 0.611. The van der Waals surface area contributed by atoms with Gasteiger partial charge in [0.1, 0.15) is 11.9 Å². The van der Waals surface area contributed by atoms with Gasteiger partial charge in [0.25, 0.3) is 5.91 Å². The van der Waals surface area contributed by atoms with E-state index in [1.807, 2.05) is 17.9 Å². The van der Waals surface area contributed by atoms with Crippen LogP contribution >= 0.6 is 0 Å². The fourth-order valence-corrected chi connectivity index (χ4v) is 3.01. The van der Waals surface area contributed by atoms with Gasteiger partial charge in [0.15, 0.2) is 0 Å². The van der Waals surface area contributed by atoms with Crippen LogP contribution in [0.15, 0.2) is 24.3 Å². The topological polar surface area (TPSA) is 38.8 Å². The number of carbonyl (C=O) groups is 1. The Kier molecular flexibility index (Phi) is 6.99. The average Bonchev–Trinajstić information content (AvgIpc) is 2.98. The van der Waals surface area contributed by atoms with Gasteiger partial charge in [-0.3, -0.25) is 4.79 Å². The molecule has 1 aromatic rings. The molecule has 0 spiro atoms. The van der Waals surface area contributed by atoms with Crippen LogP contribution < -0.4 is 0 Å². The minimum absolute atomic E-state index is 0.0143. The van der Waals surface area contributed by atoms with Crippen molar-refractivity contribution in [3.05, 3.63) is 35.6 Å². The van der Waals surface area contributed by atoms with Crippen molar-refractivity contribution < 1.29 is 18.7 Å². The Morgan fingerprint density at radius 3 is 3.00 bits per heavy atom. The zero-order chi connectivity index (χ0) is 16.7. The van der Waals surface area contributed by atoms with Crippen LogP contribution in [0.2, 0.25) is 0 Å². The molecule has 1 aromatic carbocycles. The predicted molar refractivity (Wildman–Crippen MR) is 86.7 cm³/mol. The number of hydrogen-bond acceptors (Lipinski definition) is 3. The molecule has 1 aliphatic rings. The highest BCUT2D eigenvalue weighted by Crippen LogP contribution is 2.22. The lowest BCUT2D eigenvalue weighted by atomic mass is 10.0. The lowest BCUT2D eigenvalue weighted by Crippen LogP contribution is -2.43. The average molecular weight is 323 g/mol. The molecule has 1 amide bonds. The van der Waals surface area contributed by atoms with E-state index >= 15 is 0 Å². The lowest BCUT2D eigenvalue weighted by molar-refractivity contribution is -0.144. The van der Waals surface area contributed by atoms with Gasteiger partial charge in [-0.05, 0) is 50.8 Å². The van der Waals surface area contributed by atoms with E-state index in [2.05, 4.69) is 0 Å². The fourth-order valence-electron chi connectivity index (χ4n) is 3.01. The summed E-state index contributed by atoms with van der Waals surface area (Å²) < 4.78 is 24.1. The first-order valence-corrected chi connectivity index (χ1v) is 8.36. The maximum Gasteiger partial charge on any atom is 0.251 e. The van der Waals surface area contributed by atoms with E-state index in [4.69, 9.17) is 9.47 Å². The Morgan fingerprint density at radius 1 is 1.43 bits per heavy atom. The summed E-state index contributed by atoms with van der Waals surface area (Å²) in [5.41, 5.74) is 0.930. The van der Waals surface area contributed by atoms with Gasteiger partial charge in [-0.2, -0.15) is 0 Å². The highest BCUT2D eigenvalue weighted by Gasteiger charge is 2.31. The Morgan fingerprint density at radius 2 is 2.26 bits per heavy atom. The third-order valence-electron chi connectivity index (χ3n) is 4.17. The van der Waals surface area contributed by atoms with Crippen molar-refractivity contribution in [3.63, 3.8) is 0 Å². The maximum absolute atomic E-state index is 13.3. The number of carbonyl (C=O) groups excluding carboxylic acids is 1. The van der Waals surface area contributed by atoms with E-state index in [1.165, 1.54) is 6.07 Å². The molecule has 0 N–H and O–H groups in total. The number of ether oxygens (including phenoxy) is 2. The summed E-state index contributed by atoms with van der Waals surface area (Å²) in [5.74, 6) is -0.216. The number of likely N-dealkylation sites (tertiary alicyclic amines) is 1. The number of rotatable bonds is 8. The molecule has 0 saturated carbocycles. The highest BCUT2D eigenvalue weighted by atomic mass is 19.1. The molecule has 2 atom stereocenters. The molecule has 1 saturated heterocycles. The third-order valence-corrected chi connectivity index (χ3v) is 4.17. The SMILES string of the molecule is CCOCCO[C@H](C)C(=O)N1CCC[C@H]1Cc1cccc(F)c1. The van der Waals surface area contributed by atoms with Crippen molar-refractivity contribution in [1.29, 1.82) is 0 Å². The van der Waals surface area contributed by atoms with Crippen molar-refractivity contribution in [2.75, 3.05) is 26.4 Å². The van der Waals surface area contributed by atoms with Gasteiger partial charge in [0.05, 0.1) is 13.2 Å². The Hall–Kier alpha value is -1.46. The van der Waals surface area contributed by atoms with Crippen molar-refractivity contribution in [3.8, 4) is 0 Å². The number of hydrogen-bond donors (Lipinski definition) is 0. The third kappa shape index (κ3) is 5.29. The first kappa shape index (κ1) is 17.9. The number of amides is 1. The largest absolute Gasteiger partial charge is 0.379 e. The molecule has 0 bridgehead atoms. The van der Waals surface area contributed by atoms with Crippen LogP contribution in [0.1, 0.15) is 32.3 Å². The van der Waals surface area contributed by atoms with Gasteiger partial charge in [0, 0.05) is 19.2 Å². The van der Waals surface area contributed by atoms with Gasteiger partial charge in [-0.25, -0.2) is 4.39 Å². The van der Waals surface area contributed by atoms with Gasteiger partial charge < -0.3 is 14.4 Å². The molecular weight excluding hydrogens is 297 g/mol. The molecule has 1 heterocycles. The van der Waals surface area contributed by atoms with Crippen LogP contribution in [-0.2, 0) is 20.7 Å². The number of halogens is 1. The minimum Gasteiger partial charge on any atom is -0.379 e. The zero-order valence-corrected chi connectivity index (χ0v) is 14.0. The molecule has 0 radical (unpaired) electrons. The number of benzene rings is 1. The smallest absolute Gasteiger partial charge is 0.251 e. The summed E-state index contributed by atoms with van der Waals surface area (Å²) in [4.78, 5) is 14.4. The molecular formula is C18H26FNO3. The summed E-state index contributed by atoms with van der Waals surface area (Å²) in [5, 5.41) is 0. The van der Waals surface area contributed by atoms with Crippen LogP contribution in [0.3, 0.4) is 0 Å². The van der Waals surface area contributed by atoms with Crippen molar-refractivity contribution in [1.82, 2.24) is 4.90 Å². The van der Waals surface area contributed by atoms with Gasteiger partial charge in [0.2, 0.25) is 0 Å². The monoisotopic (exact) mass is 323 g/mol. The van der Waals surface area contributed by atoms with Gasteiger partial charge in [-0.1, -0.05) is 12.1 Å². The number of nitrogens with zero attached hydrogens (tertiary/aromatic N) is 1. The first-order chi connectivity index (χ1) is 11.1. The van der Waals surface area contributed by atoms with E-state index in [1.54, 1.807) is 19.1 Å². The van der Waals surface area contributed by atoms with Crippen LogP contribution in [0, 0.1) is 5.82 Å². The second-order valence-corrected chi connectivity index (χ2v) is 5.87. The van der Waals surface area contributed by atoms with Crippen LogP contribution in [0.4, 0.5) is 4.39 Å². The summed E-state index contributed by atoms with van der Waals surface area (Å²) in [6.07, 6.45) is 2.16. The van der Waals surface area contributed by atoms with Crippen molar-refractivity contribution in [2.24, 2.45) is 0 Å². The second kappa shape index (κ2) is 8.99. The van der Waals surface area contributed by atoms with E-state index in [0.29, 0.717) is 26.2 Å². The summed E-state index contributed by atoms with van der Waals surface area (Å²) in [6.45, 7) is 6.02. The zero-order valence-electron chi connectivity index (χ0n) is 14.0. The lowest BCUT2D eigenvalue weighted by Gasteiger charge is -2.27. The van der Waals surface area contributed by atoms with E-state index in [-0.39, 0.29) is 17.8 Å². The van der Waals surface area contributed by atoms with E-state index < -0.39 is 6.10 Å². The quantitative estimate of drug-likeness (QED) is 0.691. The second-order valence-electron chi connectivity index (χ2n) is 5.87. The molecule has 2 rings (SSSR count). The van der Waals surface area contributed by atoms with Gasteiger partial charge in [-0.15, -0.1) is 0 Å². The molecule has 1 fully saturated rings. The molecule has 0 aromatic heterocycles. The van der Waals surface area contributed by atoms with E-state index in [0.717, 1.165) is 24.9 Å². The standard InChI is InChI=1S/C18H26FNO3/c1-3-22-10-11-23-14(2)18(21)20-9-5-8-17(20)13-15-6-4-7-16(19)12-15/h4,6-7,12,14,17H,3,5,8-11,13H2,1-2H3/t14-,17+/m1/s1. The molecule has 0 aliphatic carbocycles. The molecule has 4 nitrogen and oxygen atoms in total. The van der Waals surface area contributed by atoms with Gasteiger partial charge >= 0.3 is 0 Å². The molecule has 1 aliphatic heterocycles. The Labute approximate surface area is 137 Å².